The van der Waals surface area contributed by atoms with Crippen molar-refractivity contribution in [2.45, 2.75) is 26.4 Å². The van der Waals surface area contributed by atoms with E-state index in [0.29, 0.717) is 18.5 Å². The average molecular weight is 268 g/mol. The van der Waals surface area contributed by atoms with Gasteiger partial charge in [-0.15, -0.1) is 0 Å². The first-order valence-corrected chi connectivity index (χ1v) is 7.09. The molecule has 2 unspecified atom stereocenters. The fourth-order valence-electron chi connectivity index (χ4n) is 1.75. The Hall–Kier alpha value is -1.17. The van der Waals surface area contributed by atoms with Gasteiger partial charge in [0.15, 0.2) is 5.17 Å². The van der Waals surface area contributed by atoms with Crippen LogP contribution in [0.25, 0.3) is 0 Å². The molecule has 1 saturated heterocycles. The smallest absolute Gasteiger partial charge is 0.211 e. The van der Waals surface area contributed by atoms with E-state index in [1.165, 1.54) is 0 Å². The molecule has 1 aromatic rings. The lowest BCUT2D eigenvalue weighted by Gasteiger charge is -2.28. The van der Waals surface area contributed by atoms with Crippen LogP contribution < -0.4 is 10.1 Å². The summed E-state index contributed by atoms with van der Waals surface area (Å²) in [6.45, 7) is 5.04. The number of methoxy groups -OCH3 is 1. The van der Waals surface area contributed by atoms with Crippen molar-refractivity contribution < 1.29 is 4.74 Å². The summed E-state index contributed by atoms with van der Waals surface area (Å²) in [5.41, 5.74) is 0.926. The third kappa shape index (κ3) is 2.98. The number of thioether (sulfide) groups is 1. The van der Waals surface area contributed by atoms with E-state index < -0.39 is 0 Å². The van der Waals surface area contributed by atoms with Gasteiger partial charge >= 0.3 is 0 Å². The maximum absolute atomic E-state index is 5.18. The van der Waals surface area contributed by atoms with Gasteiger partial charge in [-0.25, -0.2) is 4.68 Å². The van der Waals surface area contributed by atoms with E-state index >= 15 is 0 Å². The number of hydrogen-bond acceptors (Lipinski definition) is 4. The Morgan fingerprint density at radius 3 is 3.00 bits per heavy atom. The predicted octanol–water partition coefficient (Wildman–Crippen LogP) is 1.65. The molecule has 2 atom stereocenters. The van der Waals surface area contributed by atoms with E-state index in [1.807, 2.05) is 13.1 Å². The Bertz CT molecular complexity index is 443. The monoisotopic (exact) mass is 268 g/mol. The van der Waals surface area contributed by atoms with Crippen molar-refractivity contribution >= 4 is 16.9 Å². The molecule has 6 heteroatoms. The Labute approximate surface area is 112 Å². The van der Waals surface area contributed by atoms with Crippen LogP contribution in [0.1, 0.15) is 19.5 Å². The van der Waals surface area contributed by atoms with Gasteiger partial charge in [0.25, 0.3) is 0 Å². The summed E-state index contributed by atoms with van der Waals surface area (Å²) in [7, 11) is 3.52. The standard InChI is InChI=1S/C12H20N4OS/c1-8-7-18-12(14-9(8)2)13-6-10-5-11(17-4)16(3)15-10/h5,8-9H,6-7H2,1-4H3,(H,13,14). The summed E-state index contributed by atoms with van der Waals surface area (Å²) >= 11 is 1.78. The van der Waals surface area contributed by atoms with Crippen LogP contribution in [0.15, 0.2) is 11.1 Å². The fraction of sp³-hybridized carbons (Fsp3) is 0.667. The van der Waals surface area contributed by atoms with Crippen LogP contribution in [0.2, 0.25) is 0 Å². The number of aryl methyl sites for hydroxylation is 1. The summed E-state index contributed by atoms with van der Waals surface area (Å²) in [5.74, 6) is 2.57. The molecular weight excluding hydrogens is 248 g/mol. The van der Waals surface area contributed by atoms with Crippen molar-refractivity contribution in [2.75, 3.05) is 12.9 Å². The molecule has 1 aliphatic rings. The number of hydrogen-bond donors (Lipinski definition) is 1. The first kappa shape index (κ1) is 13.3. The van der Waals surface area contributed by atoms with Gasteiger partial charge in [0, 0.05) is 24.9 Å². The van der Waals surface area contributed by atoms with Gasteiger partial charge in [0.2, 0.25) is 5.88 Å². The normalized spacial score (nSPS) is 26.1. The highest BCUT2D eigenvalue weighted by molar-refractivity contribution is 8.13. The quantitative estimate of drug-likeness (QED) is 0.905. The third-order valence-electron chi connectivity index (χ3n) is 3.17. The lowest BCUT2D eigenvalue weighted by Crippen LogP contribution is -2.41. The summed E-state index contributed by atoms with van der Waals surface area (Å²) in [4.78, 5) is 4.56. The number of nitrogens with one attached hydrogen (secondary N) is 1. The second-order valence-electron chi connectivity index (χ2n) is 4.64. The van der Waals surface area contributed by atoms with Gasteiger partial charge in [0.05, 0.1) is 19.3 Å². The number of amidine groups is 1. The zero-order valence-electron chi connectivity index (χ0n) is 11.3. The van der Waals surface area contributed by atoms with Gasteiger partial charge in [-0.2, -0.15) is 5.10 Å². The van der Waals surface area contributed by atoms with Crippen molar-refractivity contribution in [3.8, 4) is 5.88 Å². The molecule has 2 rings (SSSR count). The van der Waals surface area contributed by atoms with Crippen LogP contribution >= 0.6 is 11.8 Å². The summed E-state index contributed by atoms with van der Waals surface area (Å²) in [6.07, 6.45) is 0. The minimum Gasteiger partial charge on any atom is -0.481 e. The zero-order valence-corrected chi connectivity index (χ0v) is 12.1. The number of ether oxygens (including phenoxy) is 1. The van der Waals surface area contributed by atoms with Crippen molar-refractivity contribution in [3.05, 3.63) is 11.8 Å². The first-order valence-electron chi connectivity index (χ1n) is 6.11. The minimum absolute atomic E-state index is 0.489. The van der Waals surface area contributed by atoms with Crippen LogP contribution in [-0.4, -0.2) is 33.9 Å². The summed E-state index contributed by atoms with van der Waals surface area (Å²) in [6, 6.07) is 2.41. The molecule has 5 nitrogen and oxygen atoms in total. The number of nitrogens with zero attached hydrogens (tertiary/aromatic N) is 3. The van der Waals surface area contributed by atoms with Gasteiger partial charge < -0.3 is 10.1 Å². The van der Waals surface area contributed by atoms with Crippen LogP contribution in [0.5, 0.6) is 5.88 Å². The minimum atomic E-state index is 0.489. The second-order valence-corrected chi connectivity index (χ2v) is 5.65. The molecular formula is C12H20N4OS. The maximum atomic E-state index is 5.18. The highest BCUT2D eigenvalue weighted by atomic mass is 32.2. The predicted molar refractivity (Wildman–Crippen MR) is 75.1 cm³/mol. The zero-order chi connectivity index (χ0) is 13.1. The van der Waals surface area contributed by atoms with Gasteiger partial charge in [-0.3, -0.25) is 4.99 Å². The van der Waals surface area contributed by atoms with Gasteiger partial charge in [-0.1, -0.05) is 18.7 Å². The molecule has 0 spiro atoms. The Balaban J connectivity index is 1.97. The van der Waals surface area contributed by atoms with Crippen molar-refractivity contribution in [2.24, 2.45) is 18.0 Å². The maximum Gasteiger partial charge on any atom is 0.211 e. The molecule has 0 radical (unpaired) electrons. The highest BCUT2D eigenvalue weighted by Gasteiger charge is 2.20. The molecule has 0 aliphatic carbocycles. The van der Waals surface area contributed by atoms with Crippen LogP contribution in [0.3, 0.4) is 0 Å². The molecule has 18 heavy (non-hydrogen) atoms. The molecule has 1 fully saturated rings. The average Bonchev–Trinajstić information content (AvgIpc) is 2.71. The van der Waals surface area contributed by atoms with Crippen LogP contribution in [-0.2, 0) is 13.6 Å². The van der Waals surface area contributed by atoms with Crippen molar-refractivity contribution in [1.82, 2.24) is 15.1 Å². The number of aromatic nitrogens is 2. The van der Waals surface area contributed by atoms with E-state index in [0.717, 1.165) is 22.5 Å². The molecule has 0 bridgehead atoms. The SMILES string of the molecule is COc1cc(CN=C2NC(C)C(C)CS2)nn1C. The molecule has 0 amide bonds. The lowest BCUT2D eigenvalue weighted by atomic mass is 10.1. The third-order valence-corrected chi connectivity index (χ3v) is 4.38. The van der Waals surface area contributed by atoms with Gasteiger partial charge in [0.1, 0.15) is 0 Å². The Morgan fingerprint density at radius 2 is 2.39 bits per heavy atom. The lowest BCUT2D eigenvalue weighted by molar-refractivity contribution is 0.373. The fourth-order valence-corrected chi connectivity index (χ4v) is 2.89. The highest BCUT2D eigenvalue weighted by Crippen LogP contribution is 2.20. The summed E-state index contributed by atoms with van der Waals surface area (Å²) < 4.78 is 6.90. The molecule has 0 aromatic carbocycles. The Morgan fingerprint density at radius 1 is 1.61 bits per heavy atom. The molecule has 1 N–H and O–H groups in total. The van der Waals surface area contributed by atoms with E-state index in [4.69, 9.17) is 4.74 Å². The molecule has 2 heterocycles. The van der Waals surface area contributed by atoms with E-state index in [2.05, 4.69) is 29.3 Å². The van der Waals surface area contributed by atoms with E-state index in [9.17, 15) is 0 Å². The Kier molecular flexibility index (Phi) is 4.16. The summed E-state index contributed by atoms with van der Waals surface area (Å²) in [5, 5.41) is 8.78. The second kappa shape index (κ2) is 5.65. The largest absolute Gasteiger partial charge is 0.481 e. The van der Waals surface area contributed by atoms with Crippen molar-refractivity contribution in [1.29, 1.82) is 0 Å². The number of rotatable bonds is 3. The van der Waals surface area contributed by atoms with Crippen molar-refractivity contribution in [3.63, 3.8) is 0 Å². The van der Waals surface area contributed by atoms with Gasteiger partial charge in [-0.05, 0) is 12.8 Å². The van der Waals surface area contributed by atoms with E-state index in [1.54, 1.807) is 23.6 Å². The van der Waals surface area contributed by atoms with E-state index in [-0.39, 0.29) is 0 Å². The molecule has 100 valence electrons. The first-order chi connectivity index (χ1) is 8.60. The molecule has 1 aliphatic heterocycles. The molecule has 0 saturated carbocycles. The molecule has 1 aromatic heterocycles. The van der Waals surface area contributed by atoms with Crippen LogP contribution in [0.4, 0.5) is 0 Å². The number of aliphatic imine (C=N–C) groups is 1. The van der Waals surface area contributed by atoms with Crippen LogP contribution in [0, 0.1) is 5.92 Å². The topological polar surface area (TPSA) is 51.4 Å².